The van der Waals surface area contributed by atoms with Crippen molar-refractivity contribution in [3.8, 4) is 0 Å². The fraction of sp³-hybridized carbons (Fsp3) is 0.188. The van der Waals surface area contributed by atoms with Gasteiger partial charge >= 0.3 is 0 Å². The van der Waals surface area contributed by atoms with Crippen LogP contribution in [0.3, 0.4) is 0 Å². The van der Waals surface area contributed by atoms with Gasteiger partial charge < -0.3 is 15.6 Å². The highest BCUT2D eigenvalue weighted by Gasteiger charge is 2.12. The van der Waals surface area contributed by atoms with Crippen LogP contribution in [-0.2, 0) is 11.3 Å². The number of carbonyl (C=O) groups is 1. The number of furan rings is 1. The Hall–Kier alpha value is -3.34. The Morgan fingerprint density at radius 2 is 2.15 bits per heavy atom. The highest BCUT2D eigenvalue weighted by Crippen LogP contribution is 2.16. The summed E-state index contributed by atoms with van der Waals surface area (Å²) >= 11 is 1.17. The summed E-state index contributed by atoms with van der Waals surface area (Å²) in [5.41, 5.74) is 4.43. The van der Waals surface area contributed by atoms with Crippen molar-refractivity contribution >= 4 is 29.3 Å². The second-order valence-electron chi connectivity index (χ2n) is 5.37. The van der Waals surface area contributed by atoms with E-state index in [0.29, 0.717) is 17.5 Å². The van der Waals surface area contributed by atoms with E-state index in [1.165, 1.54) is 16.4 Å². The van der Waals surface area contributed by atoms with Gasteiger partial charge in [-0.05, 0) is 31.2 Å². The average molecular weight is 386 g/mol. The molecule has 3 heterocycles. The summed E-state index contributed by atoms with van der Waals surface area (Å²) in [6.45, 7) is 2.18. The Morgan fingerprint density at radius 3 is 2.89 bits per heavy atom. The number of nitrogens with one attached hydrogen (secondary N) is 2. The first-order valence-electron chi connectivity index (χ1n) is 7.96. The van der Waals surface area contributed by atoms with E-state index in [-0.39, 0.29) is 17.6 Å². The number of nitrogens with zero attached hydrogens (tertiary/aromatic N) is 5. The number of nitrogen functional groups attached to an aromatic ring is 1. The van der Waals surface area contributed by atoms with Gasteiger partial charge in [0.2, 0.25) is 11.1 Å². The van der Waals surface area contributed by atoms with Crippen LogP contribution in [0.5, 0.6) is 0 Å². The van der Waals surface area contributed by atoms with Crippen LogP contribution in [0.4, 0.5) is 5.95 Å². The summed E-state index contributed by atoms with van der Waals surface area (Å²) in [4.78, 5) is 15.9. The Bertz CT molecular complexity index is 908. The molecular formula is C16H18N8O2S. The molecule has 11 heteroatoms. The van der Waals surface area contributed by atoms with E-state index in [1.807, 2.05) is 19.1 Å². The van der Waals surface area contributed by atoms with Crippen LogP contribution in [0.25, 0.3) is 0 Å². The molecule has 0 spiro atoms. The van der Waals surface area contributed by atoms with E-state index in [1.54, 1.807) is 30.8 Å². The van der Waals surface area contributed by atoms with Gasteiger partial charge in [0, 0.05) is 18.0 Å². The number of hydrogen-bond donors (Lipinski definition) is 3. The third-order valence-corrected chi connectivity index (χ3v) is 4.40. The maximum Gasteiger partial charge on any atom is 0.264 e. The fourth-order valence-corrected chi connectivity index (χ4v) is 2.71. The molecule has 0 aliphatic heterocycles. The molecular weight excluding hydrogens is 368 g/mol. The van der Waals surface area contributed by atoms with Crippen molar-refractivity contribution < 1.29 is 9.21 Å². The first-order valence-corrected chi connectivity index (χ1v) is 8.95. The lowest BCUT2D eigenvalue weighted by atomic mass is 10.2. The van der Waals surface area contributed by atoms with E-state index < -0.39 is 0 Å². The predicted molar refractivity (Wildman–Crippen MR) is 102 cm³/mol. The van der Waals surface area contributed by atoms with E-state index in [0.717, 1.165) is 11.3 Å². The van der Waals surface area contributed by atoms with Crippen molar-refractivity contribution in [2.75, 3.05) is 17.0 Å². The number of carbonyl (C=O) groups excluding carboxylic acids is 1. The molecule has 3 aromatic rings. The minimum absolute atomic E-state index is 0.148. The Balaban J connectivity index is 1.51. The van der Waals surface area contributed by atoms with Gasteiger partial charge in [0.25, 0.3) is 5.95 Å². The molecule has 27 heavy (non-hydrogen) atoms. The lowest BCUT2D eigenvalue weighted by molar-refractivity contribution is -0.118. The van der Waals surface area contributed by atoms with Gasteiger partial charge in [-0.3, -0.25) is 9.78 Å². The second kappa shape index (κ2) is 8.85. The summed E-state index contributed by atoms with van der Waals surface area (Å²) in [6, 6.07) is 7.24. The minimum atomic E-state index is -0.166. The van der Waals surface area contributed by atoms with Crippen LogP contribution in [-0.4, -0.2) is 37.2 Å². The van der Waals surface area contributed by atoms with Gasteiger partial charge in [-0.15, -0.1) is 10.2 Å². The monoisotopic (exact) mass is 386 g/mol. The van der Waals surface area contributed by atoms with Gasteiger partial charge in [-0.2, -0.15) is 5.10 Å². The molecule has 0 aliphatic rings. The summed E-state index contributed by atoms with van der Waals surface area (Å²) < 4.78 is 6.40. The van der Waals surface area contributed by atoms with Gasteiger partial charge in [0.05, 0.1) is 24.3 Å². The average Bonchev–Trinajstić information content (AvgIpc) is 3.33. The second-order valence-corrected chi connectivity index (χ2v) is 6.31. The molecule has 1 amide bonds. The zero-order valence-corrected chi connectivity index (χ0v) is 15.3. The SMILES string of the molecule is C/C(=N\Nc1nnc(SCC(=O)NCc2ccco2)n1N)c1ccncc1. The molecule has 0 atom stereocenters. The number of nitrogens with two attached hydrogens (primary N) is 1. The molecule has 3 rings (SSSR count). The Kier molecular flexibility index (Phi) is 6.05. The molecule has 0 bridgehead atoms. The zero-order valence-electron chi connectivity index (χ0n) is 14.5. The lowest BCUT2D eigenvalue weighted by Gasteiger charge is -2.05. The zero-order chi connectivity index (χ0) is 19.1. The molecule has 4 N–H and O–H groups in total. The van der Waals surface area contributed by atoms with Gasteiger partial charge in [-0.1, -0.05) is 11.8 Å². The molecule has 10 nitrogen and oxygen atoms in total. The summed E-state index contributed by atoms with van der Waals surface area (Å²) in [6.07, 6.45) is 4.93. The number of thioether (sulfide) groups is 1. The normalized spacial score (nSPS) is 11.4. The van der Waals surface area contributed by atoms with Crippen LogP contribution in [0.2, 0.25) is 0 Å². The maximum absolute atomic E-state index is 11.9. The van der Waals surface area contributed by atoms with Crippen molar-refractivity contribution in [1.82, 2.24) is 25.2 Å². The Morgan fingerprint density at radius 1 is 1.33 bits per heavy atom. The number of hydrazone groups is 1. The fourth-order valence-electron chi connectivity index (χ4n) is 2.02. The quantitative estimate of drug-likeness (QED) is 0.227. The summed E-state index contributed by atoms with van der Waals surface area (Å²) in [5.74, 6) is 6.88. The van der Waals surface area contributed by atoms with Gasteiger partial charge in [-0.25, -0.2) is 10.1 Å². The van der Waals surface area contributed by atoms with Crippen LogP contribution in [0.1, 0.15) is 18.2 Å². The van der Waals surface area contributed by atoms with Crippen LogP contribution >= 0.6 is 11.8 Å². The molecule has 0 saturated heterocycles. The highest BCUT2D eigenvalue weighted by atomic mass is 32.2. The number of aromatic nitrogens is 4. The van der Waals surface area contributed by atoms with Crippen molar-refractivity contribution in [3.05, 3.63) is 54.2 Å². The highest BCUT2D eigenvalue weighted by molar-refractivity contribution is 7.99. The number of pyridine rings is 1. The first-order chi connectivity index (χ1) is 13.1. The van der Waals surface area contributed by atoms with Crippen molar-refractivity contribution in [2.24, 2.45) is 5.10 Å². The molecule has 0 saturated carbocycles. The standard InChI is InChI=1S/C16H18N8O2S/c1-11(12-4-6-18-7-5-12)20-21-15-22-23-16(24(15)17)27-10-14(25)19-9-13-3-2-8-26-13/h2-8H,9-10,17H2,1H3,(H,19,25)(H,21,22)/b20-11+. The lowest BCUT2D eigenvalue weighted by Crippen LogP contribution is -2.24. The maximum atomic E-state index is 11.9. The molecule has 0 aliphatic carbocycles. The smallest absolute Gasteiger partial charge is 0.264 e. The molecule has 140 valence electrons. The van der Waals surface area contributed by atoms with Gasteiger partial charge in [0.15, 0.2) is 0 Å². The van der Waals surface area contributed by atoms with Crippen LogP contribution < -0.4 is 16.6 Å². The minimum Gasteiger partial charge on any atom is -0.467 e. The molecule has 3 aromatic heterocycles. The topological polar surface area (TPSA) is 136 Å². The number of amides is 1. The first kappa shape index (κ1) is 18.5. The predicted octanol–water partition coefficient (Wildman–Crippen LogP) is 1.22. The molecule has 0 aromatic carbocycles. The third kappa shape index (κ3) is 5.07. The van der Waals surface area contributed by atoms with Crippen molar-refractivity contribution in [1.29, 1.82) is 0 Å². The molecule has 0 fully saturated rings. The van der Waals surface area contributed by atoms with Crippen LogP contribution in [0, 0.1) is 0 Å². The van der Waals surface area contributed by atoms with Crippen molar-refractivity contribution in [3.63, 3.8) is 0 Å². The molecule has 0 unspecified atom stereocenters. The molecule has 0 radical (unpaired) electrons. The van der Waals surface area contributed by atoms with E-state index in [9.17, 15) is 4.79 Å². The number of anilines is 1. The summed E-state index contributed by atoms with van der Waals surface area (Å²) in [7, 11) is 0. The van der Waals surface area contributed by atoms with E-state index in [2.05, 4.69) is 31.0 Å². The van der Waals surface area contributed by atoms with Crippen molar-refractivity contribution in [2.45, 2.75) is 18.6 Å². The van der Waals surface area contributed by atoms with E-state index >= 15 is 0 Å². The third-order valence-electron chi connectivity index (χ3n) is 3.46. The largest absolute Gasteiger partial charge is 0.467 e. The summed E-state index contributed by atoms with van der Waals surface area (Å²) in [5, 5.41) is 15.3. The number of rotatable bonds is 8. The number of hydrogen-bond acceptors (Lipinski definition) is 9. The van der Waals surface area contributed by atoms with Gasteiger partial charge in [0.1, 0.15) is 5.76 Å². The van der Waals surface area contributed by atoms with Crippen LogP contribution in [0.15, 0.2) is 57.6 Å². The Labute approximate surface area is 159 Å². The van der Waals surface area contributed by atoms with E-state index in [4.69, 9.17) is 10.3 Å².